The van der Waals surface area contributed by atoms with Crippen molar-refractivity contribution >= 4 is 0 Å². The number of hydrogen-bond donors (Lipinski definition) is 0. The molecule has 0 radical (unpaired) electrons. The van der Waals surface area contributed by atoms with Crippen LogP contribution in [-0.2, 0) is 15.6 Å². The van der Waals surface area contributed by atoms with E-state index in [-0.39, 0.29) is 0 Å². The van der Waals surface area contributed by atoms with Gasteiger partial charge < -0.3 is 0 Å². The van der Waals surface area contributed by atoms with Gasteiger partial charge >= 0.3 is 260 Å². The summed E-state index contributed by atoms with van der Waals surface area (Å²) in [6.07, 6.45) is 42.6. The van der Waals surface area contributed by atoms with Gasteiger partial charge in [-0.05, 0) is 0 Å². The molecular weight excluding hydrogens is 523 g/mol. The second-order valence-electron chi connectivity index (χ2n) is 12.6. The maximum atomic E-state index is 3.10. The molecule has 0 atom stereocenters. The Balaban J connectivity index is 2.91. The van der Waals surface area contributed by atoms with Crippen LogP contribution in [0.25, 0.3) is 0 Å². The van der Waals surface area contributed by atoms with Gasteiger partial charge in [0, 0.05) is 0 Å². The van der Waals surface area contributed by atoms with Crippen molar-refractivity contribution in [2.45, 2.75) is 188 Å². The summed E-state index contributed by atoms with van der Waals surface area (Å²) in [4.78, 5) is 0. The molecule has 0 bridgehead atoms. The average Bonchev–Trinajstić information content (AvgIpc) is 3.50. The second-order valence-corrected chi connectivity index (χ2v) is 16.1. The zero-order valence-corrected chi connectivity index (χ0v) is 29.5. The summed E-state index contributed by atoms with van der Waals surface area (Å²) >= 11 is -1.40. The predicted molar refractivity (Wildman–Crippen MR) is 178 cm³/mol. The molecule has 0 unspecified atom stereocenters. The Kier molecular flexibility index (Phi) is 27.6. The molecule has 0 saturated carbocycles. The van der Waals surface area contributed by atoms with Gasteiger partial charge in [-0.2, -0.15) is 0 Å². The van der Waals surface area contributed by atoms with Crippen LogP contribution in [0.1, 0.15) is 188 Å². The van der Waals surface area contributed by atoms with Crippen LogP contribution in [0, 0.1) is 0 Å². The third-order valence-corrected chi connectivity index (χ3v) is 12.9. The van der Waals surface area contributed by atoms with Gasteiger partial charge in [0.05, 0.1) is 0 Å². The Morgan fingerprint density at radius 2 is 0.750 bits per heavy atom. The number of nitrogens with zero attached hydrogens (tertiary/aromatic N) is 2. The molecule has 0 amide bonds. The summed E-state index contributed by atoms with van der Waals surface area (Å²) in [6, 6.07) is 0. The van der Waals surface area contributed by atoms with E-state index in [9.17, 15) is 0 Å². The molecule has 0 spiro atoms. The van der Waals surface area contributed by atoms with Crippen LogP contribution in [0.15, 0.2) is 22.5 Å². The summed E-state index contributed by atoms with van der Waals surface area (Å²) in [5.41, 5.74) is 0. The monoisotopic (exact) mass is 597 g/mol. The van der Waals surface area contributed by atoms with Crippen LogP contribution in [0.3, 0.4) is 0 Å². The fraction of sp³-hybridized carbons (Fsp3) is 0.892. The number of unbranched alkanes of at least 4 members (excludes halogenated alkanes) is 20. The van der Waals surface area contributed by atoms with Crippen LogP contribution >= 0.6 is 0 Å². The van der Waals surface area contributed by atoms with Crippen LogP contribution < -0.4 is 0 Å². The van der Waals surface area contributed by atoms with E-state index in [1.807, 2.05) is 4.28 Å². The van der Waals surface area contributed by atoms with Gasteiger partial charge in [-0.3, -0.25) is 0 Å². The third-order valence-electron chi connectivity index (χ3n) is 8.62. The Morgan fingerprint density at radius 3 is 1.02 bits per heavy atom. The molecule has 40 heavy (non-hydrogen) atoms. The molecule has 0 aliphatic heterocycles. The van der Waals surface area contributed by atoms with Crippen molar-refractivity contribution in [2.75, 3.05) is 26.2 Å². The summed E-state index contributed by atoms with van der Waals surface area (Å²) in [5, 5.41) is 0. The van der Waals surface area contributed by atoms with Crippen molar-refractivity contribution in [3.8, 4) is 0 Å². The van der Waals surface area contributed by atoms with E-state index < -0.39 is 15.6 Å². The maximum absolute atomic E-state index is 3.10. The quantitative estimate of drug-likeness (QED) is 0.0735. The van der Waals surface area contributed by atoms with Crippen LogP contribution in [0.4, 0.5) is 0 Å². The fourth-order valence-electron chi connectivity index (χ4n) is 6.03. The SMILES string of the molecule is CCCCCCCC[N](CCCCCCCC)[V]([C]1=CC=CC1)[N](CCCCCCCC)CCCCCCCC. The van der Waals surface area contributed by atoms with E-state index in [0.717, 1.165) is 0 Å². The van der Waals surface area contributed by atoms with E-state index in [0.29, 0.717) is 0 Å². The second kappa shape index (κ2) is 29.1. The summed E-state index contributed by atoms with van der Waals surface area (Å²) in [5.74, 6) is 0. The van der Waals surface area contributed by atoms with Gasteiger partial charge in [0.1, 0.15) is 0 Å². The summed E-state index contributed by atoms with van der Waals surface area (Å²) in [6.45, 7) is 14.7. The van der Waals surface area contributed by atoms with Crippen LogP contribution in [-0.4, -0.2) is 33.7 Å². The van der Waals surface area contributed by atoms with Gasteiger partial charge in [0.15, 0.2) is 0 Å². The first-order valence-electron chi connectivity index (χ1n) is 18.4. The first-order chi connectivity index (χ1) is 19.8. The molecule has 3 heteroatoms. The predicted octanol–water partition coefficient (Wildman–Crippen LogP) is 12.3. The molecule has 1 aliphatic carbocycles. The molecule has 0 saturated heterocycles. The minimum atomic E-state index is -1.40. The van der Waals surface area contributed by atoms with Gasteiger partial charge in [-0.1, -0.05) is 0 Å². The van der Waals surface area contributed by atoms with Crippen molar-refractivity contribution in [1.29, 1.82) is 0 Å². The number of hydrogen-bond acceptors (Lipinski definition) is 2. The molecule has 0 fully saturated rings. The standard InChI is InChI=1S/2C16H34N.C5H5.V/c2*1-3-5-7-9-11-13-15-17-16-14-12-10-8-6-4-2;1-2-4-5-3-1;/h2*3-16H2,1-2H3;1-3H,4H2;/q2*-1;;+2. The first kappa shape index (κ1) is 38.0. The molecule has 0 aromatic carbocycles. The molecule has 0 N–H and O–H groups in total. The molecule has 236 valence electrons. The van der Waals surface area contributed by atoms with Crippen molar-refractivity contribution in [1.82, 2.24) is 7.50 Å². The zero-order chi connectivity index (χ0) is 28.9. The molecular formula is C37H73N2V. The zero-order valence-electron chi connectivity index (χ0n) is 28.1. The fourth-order valence-corrected chi connectivity index (χ4v) is 10.5. The number of rotatable bonds is 31. The Morgan fingerprint density at radius 1 is 0.450 bits per heavy atom. The van der Waals surface area contributed by atoms with Gasteiger partial charge in [-0.15, -0.1) is 0 Å². The normalized spacial score (nSPS) is 13.4. The van der Waals surface area contributed by atoms with E-state index >= 15 is 0 Å². The van der Waals surface area contributed by atoms with E-state index in [1.165, 1.54) is 187 Å². The Hall–Kier alpha value is -0.0156. The van der Waals surface area contributed by atoms with Gasteiger partial charge in [0.2, 0.25) is 0 Å². The van der Waals surface area contributed by atoms with Crippen molar-refractivity contribution in [3.05, 3.63) is 22.5 Å². The van der Waals surface area contributed by atoms with Crippen LogP contribution in [0.2, 0.25) is 0 Å². The third kappa shape index (κ3) is 20.0. The molecule has 0 aromatic heterocycles. The molecule has 0 heterocycles. The summed E-state index contributed by atoms with van der Waals surface area (Å²) < 4.78 is 8.01. The number of allylic oxidation sites excluding steroid dienone is 4. The Labute approximate surface area is 259 Å². The molecule has 0 aromatic rings. The molecule has 1 aliphatic rings. The summed E-state index contributed by atoms with van der Waals surface area (Å²) in [7, 11) is 0. The topological polar surface area (TPSA) is 6.48 Å². The molecule has 2 nitrogen and oxygen atoms in total. The minimum absolute atomic E-state index is 1.23. The van der Waals surface area contributed by atoms with E-state index in [2.05, 4.69) is 53.4 Å². The van der Waals surface area contributed by atoms with Gasteiger partial charge in [-0.25, -0.2) is 0 Å². The van der Waals surface area contributed by atoms with E-state index in [1.54, 1.807) is 0 Å². The molecule has 1 rings (SSSR count). The van der Waals surface area contributed by atoms with Crippen molar-refractivity contribution < 1.29 is 15.6 Å². The average molecular weight is 597 g/mol. The van der Waals surface area contributed by atoms with Crippen molar-refractivity contribution in [3.63, 3.8) is 0 Å². The van der Waals surface area contributed by atoms with Crippen molar-refractivity contribution in [2.24, 2.45) is 0 Å². The van der Waals surface area contributed by atoms with E-state index in [4.69, 9.17) is 0 Å². The van der Waals surface area contributed by atoms with Crippen LogP contribution in [0.5, 0.6) is 0 Å². The Bertz CT molecular complexity index is 519. The van der Waals surface area contributed by atoms with Gasteiger partial charge in [0.25, 0.3) is 0 Å². The first-order valence-corrected chi connectivity index (χ1v) is 20.4.